The molecule has 138 valence electrons. The van der Waals surface area contributed by atoms with Crippen molar-refractivity contribution in [2.45, 2.75) is 10.8 Å². The molecule has 4 nitrogen and oxygen atoms in total. The van der Waals surface area contributed by atoms with Crippen molar-refractivity contribution in [2.75, 3.05) is 5.75 Å². The number of carbonyl (C=O) groups is 1. The predicted molar refractivity (Wildman–Crippen MR) is 109 cm³/mol. The highest BCUT2D eigenvalue weighted by molar-refractivity contribution is 8.00. The Kier molecular flexibility index (Phi) is 5.84. The number of phenols is 1. The lowest BCUT2D eigenvalue weighted by atomic mass is 9.84. The van der Waals surface area contributed by atoms with Crippen LogP contribution < -0.4 is 5.73 Å². The van der Waals surface area contributed by atoms with E-state index in [-0.39, 0.29) is 11.5 Å². The van der Waals surface area contributed by atoms with E-state index in [4.69, 9.17) is 5.73 Å². The van der Waals surface area contributed by atoms with E-state index in [1.165, 1.54) is 11.8 Å². The van der Waals surface area contributed by atoms with Crippen molar-refractivity contribution in [1.29, 1.82) is 0 Å². The number of phenolic OH excluding ortho intramolecular Hbond substituents is 1. The summed E-state index contributed by atoms with van der Waals surface area (Å²) in [4.78, 5) is 11.3. The first kappa shape index (κ1) is 19.0. The summed E-state index contributed by atoms with van der Waals surface area (Å²) in [5, 5.41) is 19.0. The number of rotatable bonds is 7. The van der Waals surface area contributed by atoms with Gasteiger partial charge in [0.05, 0.1) is 4.75 Å². The molecule has 0 saturated carbocycles. The molecular formula is C22H21NO3S. The number of carboxylic acid groups (broad SMARTS) is 1. The first-order valence-corrected chi connectivity index (χ1v) is 9.55. The highest BCUT2D eigenvalue weighted by atomic mass is 32.2. The second-order valence-electron chi connectivity index (χ2n) is 6.22. The van der Waals surface area contributed by atoms with Crippen LogP contribution in [-0.2, 0) is 9.54 Å². The summed E-state index contributed by atoms with van der Waals surface area (Å²) in [6.45, 7) is 0. The Labute approximate surface area is 162 Å². The van der Waals surface area contributed by atoms with Crippen molar-refractivity contribution in [3.8, 4) is 5.75 Å². The fourth-order valence-corrected chi connectivity index (χ4v) is 4.56. The minimum absolute atomic E-state index is 0.181. The molecule has 0 aromatic heterocycles. The Bertz CT molecular complexity index is 843. The maximum Gasteiger partial charge on any atom is 0.321 e. The van der Waals surface area contributed by atoms with Crippen LogP contribution in [0.4, 0.5) is 0 Å². The highest BCUT2D eigenvalue weighted by Gasteiger charge is 2.37. The quantitative estimate of drug-likeness (QED) is 0.544. The number of hydrogen-bond donors (Lipinski definition) is 3. The van der Waals surface area contributed by atoms with Crippen LogP contribution in [0.1, 0.15) is 16.7 Å². The fraction of sp³-hybridized carbons (Fsp3) is 0.136. The van der Waals surface area contributed by atoms with Crippen molar-refractivity contribution >= 4 is 17.7 Å². The molecule has 0 fully saturated rings. The minimum atomic E-state index is -1.02. The third kappa shape index (κ3) is 3.99. The van der Waals surface area contributed by atoms with Gasteiger partial charge < -0.3 is 15.9 Å². The molecule has 3 rings (SSSR count). The van der Waals surface area contributed by atoms with E-state index in [0.29, 0.717) is 0 Å². The van der Waals surface area contributed by atoms with Gasteiger partial charge in [-0.2, -0.15) is 0 Å². The SMILES string of the molecule is N[C@H](CSC(c1ccccc1)(c1ccccc1)c1ccc(O)cc1)C(=O)O. The van der Waals surface area contributed by atoms with E-state index in [9.17, 15) is 15.0 Å². The van der Waals surface area contributed by atoms with Gasteiger partial charge in [0.15, 0.2) is 0 Å². The van der Waals surface area contributed by atoms with Crippen LogP contribution in [0.5, 0.6) is 5.75 Å². The molecule has 0 heterocycles. The molecule has 5 heteroatoms. The van der Waals surface area contributed by atoms with Crippen LogP contribution in [0.15, 0.2) is 84.9 Å². The van der Waals surface area contributed by atoms with E-state index in [0.717, 1.165) is 16.7 Å². The van der Waals surface area contributed by atoms with Gasteiger partial charge >= 0.3 is 5.97 Å². The van der Waals surface area contributed by atoms with Gasteiger partial charge in [-0.15, -0.1) is 11.8 Å². The fourth-order valence-electron chi connectivity index (χ4n) is 3.08. The lowest BCUT2D eigenvalue weighted by Crippen LogP contribution is -2.36. The summed E-state index contributed by atoms with van der Waals surface area (Å²) in [6, 6.07) is 25.9. The second-order valence-corrected chi connectivity index (χ2v) is 7.45. The van der Waals surface area contributed by atoms with Crippen LogP contribution in [0.2, 0.25) is 0 Å². The monoisotopic (exact) mass is 379 g/mol. The smallest absolute Gasteiger partial charge is 0.321 e. The van der Waals surface area contributed by atoms with E-state index < -0.39 is 16.8 Å². The average Bonchev–Trinajstić information content (AvgIpc) is 2.71. The predicted octanol–water partition coefficient (Wildman–Crippen LogP) is 3.83. The molecule has 0 unspecified atom stereocenters. The van der Waals surface area contributed by atoms with Gasteiger partial charge in [0.25, 0.3) is 0 Å². The maximum atomic E-state index is 11.3. The number of aromatic hydroxyl groups is 1. The number of benzene rings is 3. The molecule has 3 aromatic carbocycles. The first-order valence-electron chi connectivity index (χ1n) is 8.57. The van der Waals surface area contributed by atoms with Crippen molar-refractivity contribution < 1.29 is 15.0 Å². The standard InChI is InChI=1S/C22H21NO3S/c23-20(21(25)26)15-27-22(16-7-3-1-4-8-16,17-9-5-2-6-10-17)18-11-13-19(24)14-12-18/h1-14,20,24H,15,23H2,(H,25,26)/t20-/m1/s1. The zero-order valence-electron chi connectivity index (χ0n) is 14.7. The van der Waals surface area contributed by atoms with Crippen LogP contribution in [0.25, 0.3) is 0 Å². The molecule has 0 amide bonds. The van der Waals surface area contributed by atoms with Crippen LogP contribution in [-0.4, -0.2) is 28.0 Å². The molecule has 0 spiro atoms. The summed E-state index contributed by atoms with van der Waals surface area (Å²) in [5.41, 5.74) is 8.80. The number of aliphatic carboxylic acids is 1. The second kappa shape index (κ2) is 8.29. The van der Waals surface area contributed by atoms with Crippen LogP contribution >= 0.6 is 11.8 Å². The third-order valence-corrected chi connectivity index (χ3v) is 6.10. The Morgan fingerprint density at radius 2 is 1.30 bits per heavy atom. The Hall–Kier alpha value is -2.76. The first-order chi connectivity index (χ1) is 13.0. The van der Waals surface area contributed by atoms with E-state index >= 15 is 0 Å². The van der Waals surface area contributed by atoms with Gasteiger partial charge in [0, 0.05) is 5.75 Å². The third-order valence-electron chi connectivity index (χ3n) is 4.43. The Balaban J connectivity index is 2.21. The molecule has 3 aromatic rings. The number of nitrogens with two attached hydrogens (primary N) is 1. The molecule has 0 radical (unpaired) electrons. The molecule has 27 heavy (non-hydrogen) atoms. The average molecular weight is 379 g/mol. The van der Waals surface area contributed by atoms with Crippen molar-refractivity contribution in [2.24, 2.45) is 5.73 Å². The van der Waals surface area contributed by atoms with Gasteiger partial charge in [-0.3, -0.25) is 4.79 Å². The lowest BCUT2D eigenvalue weighted by Gasteiger charge is -2.36. The van der Waals surface area contributed by atoms with Gasteiger partial charge in [-0.05, 0) is 28.8 Å². The topological polar surface area (TPSA) is 83.5 Å². The van der Waals surface area contributed by atoms with E-state index in [1.807, 2.05) is 72.8 Å². The zero-order chi connectivity index (χ0) is 19.3. The number of thioether (sulfide) groups is 1. The summed E-state index contributed by atoms with van der Waals surface area (Å²) < 4.78 is -0.650. The van der Waals surface area contributed by atoms with Crippen LogP contribution in [0.3, 0.4) is 0 Å². The van der Waals surface area contributed by atoms with Crippen LogP contribution in [0, 0.1) is 0 Å². The zero-order valence-corrected chi connectivity index (χ0v) is 15.5. The Morgan fingerprint density at radius 3 is 1.74 bits per heavy atom. The normalized spacial score (nSPS) is 12.5. The largest absolute Gasteiger partial charge is 0.508 e. The molecule has 0 aliphatic rings. The maximum absolute atomic E-state index is 11.3. The molecule has 1 atom stereocenters. The minimum Gasteiger partial charge on any atom is -0.508 e. The summed E-state index contributed by atoms with van der Waals surface area (Å²) in [6.07, 6.45) is 0. The van der Waals surface area contributed by atoms with Crippen molar-refractivity contribution in [3.05, 3.63) is 102 Å². The van der Waals surface area contributed by atoms with Gasteiger partial charge in [-0.1, -0.05) is 72.8 Å². The summed E-state index contributed by atoms with van der Waals surface area (Å²) in [7, 11) is 0. The molecule has 0 aliphatic carbocycles. The van der Waals surface area contributed by atoms with Crippen molar-refractivity contribution in [1.82, 2.24) is 0 Å². The molecule has 0 bridgehead atoms. The van der Waals surface area contributed by atoms with Gasteiger partial charge in [0.1, 0.15) is 11.8 Å². The molecule has 0 saturated heterocycles. The van der Waals surface area contributed by atoms with E-state index in [1.54, 1.807) is 12.1 Å². The van der Waals surface area contributed by atoms with E-state index in [2.05, 4.69) is 0 Å². The van der Waals surface area contributed by atoms with Gasteiger partial charge in [-0.25, -0.2) is 0 Å². The lowest BCUT2D eigenvalue weighted by molar-refractivity contribution is -0.137. The summed E-state index contributed by atoms with van der Waals surface area (Å²) in [5.74, 6) is -0.607. The molecule has 0 aliphatic heterocycles. The number of hydrogen-bond acceptors (Lipinski definition) is 4. The molecule has 4 N–H and O–H groups in total. The molecular weight excluding hydrogens is 358 g/mol. The Morgan fingerprint density at radius 1 is 0.852 bits per heavy atom. The van der Waals surface area contributed by atoms with Crippen molar-refractivity contribution in [3.63, 3.8) is 0 Å². The van der Waals surface area contributed by atoms with Gasteiger partial charge in [0.2, 0.25) is 0 Å². The number of carboxylic acids is 1. The summed E-state index contributed by atoms with van der Waals surface area (Å²) >= 11 is 1.48. The highest BCUT2D eigenvalue weighted by Crippen LogP contribution is 2.48.